The zero-order chi connectivity index (χ0) is 15.9. The van der Waals surface area contributed by atoms with Crippen molar-refractivity contribution in [2.75, 3.05) is 24.4 Å². The minimum absolute atomic E-state index is 0.303. The molecule has 0 amide bonds. The molecule has 6 heteroatoms. The van der Waals surface area contributed by atoms with Gasteiger partial charge in [0.1, 0.15) is 0 Å². The summed E-state index contributed by atoms with van der Waals surface area (Å²) < 4.78 is 28.5. The number of benzene rings is 1. The van der Waals surface area contributed by atoms with Crippen molar-refractivity contribution in [1.29, 1.82) is 0 Å². The van der Waals surface area contributed by atoms with Gasteiger partial charge in [0.05, 0.1) is 12.2 Å². The molecule has 0 aliphatic heterocycles. The zero-order valence-electron chi connectivity index (χ0n) is 12.8. The largest absolute Gasteiger partial charge is 0.320 e. The fraction of sp³-hybridized carbons (Fsp3) is 0.467. The van der Waals surface area contributed by atoms with Crippen LogP contribution in [0.1, 0.15) is 31.9 Å². The first-order chi connectivity index (χ1) is 9.98. The Morgan fingerprint density at radius 3 is 2.43 bits per heavy atom. The van der Waals surface area contributed by atoms with E-state index < -0.39 is 10.2 Å². The Hall–Kier alpha value is -1.55. The Kier molecular flexibility index (Phi) is 6.69. The molecule has 0 saturated heterocycles. The highest BCUT2D eigenvalue weighted by Gasteiger charge is 2.19. The van der Waals surface area contributed by atoms with Crippen LogP contribution in [-0.2, 0) is 16.6 Å². The van der Waals surface area contributed by atoms with Crippen LogP contribution in [-0.4, -0.2) is 32.4 Å². The van der Waals surface area contributed by atoms with E-state index in [2.05, 4.69) is 16.6 Å². The van der Waals surface area contributed by atoms with Gasteiger partial charge in [-0.3, -0.25) is 4.72 Å². The SMILES string of the molecule is CCc1cc(C#CCN)ccc1NS(=O)(=O)N(CC)CC. The van der Waals surface area contributed by atoms with Crippen LogP contribution in [0.3, 0.4) is 0 Å². The number of nitrogens with zero attached hydrogens (tertiary/aromatic N) is 1. The van der Waals surface area contributed by atoms with Crippen LogP contribution in [0.25, 0.3) is 0 Å². The number of nitrogens with two attached hydrogens (primary N) is 1. The molecule has 0 radical (unpaired) electrons. The highest BCUT2D eigenvalue weighted by Crippen LogP contribution is 2.20. The molecule has 0 fully saturated rings. The fourth-order valence-electron chi connectivity index (χ4n) is 1.98. The first kappa shape index (κ1) is 17.5. The van der Waals surface area contributed by atoms with E-state index in [4.69, 9.17) is 5.73 Å². The van der Waals surface area contributed by atoms with E-state index in [9.17, 15) is 8.42 Å². The molecule has 0 heterocycles. The molecule has 0 spiro atoms. The Labute approximate surface area is 127 Å². The zero-order valence-corrected chi connectivity index (χ0v) is 13.6. The first-order valence-electron chi connectivity index (χ1n) is 7.08. The predicted octanol–water partition coefficient (Wildman–Crippen LogP) is 1.56. The normalized spacial score (nSPS) is 11.1. The summed E-state index contributed by atoms with van der Waals surface area (Å²) in [6.45, 7) is 6.78. The first-order valence-corrected chi connectivity index (χ1v) is 8.52. The van der Waals surface area contributed by atoms with E-state index in [1.54, 1.807) is 12.1 Å². The van der Waals surface area contributed by atoms with Gasteiger partial charge in [0, 0.05) is 18.7 Å². The monoisotopic (exact) mass is 309 g/mol. The molecular weight excluding hydrogens is 286 g/mol. The molecule has 0 aliphatic rings. The minimum atomic E-state index is -3.51. The maximum absolute atomic E-state index is 12.3. The van der Waals surface area contributed by atoms with Gasteiger partial charge < -0.3 is 5.73 Å². The minimum Gasteiger partial charge on any atom is -0.320 e. The fourth-order valence-corrected chi connectivity index (χ4v) is 3.27. The van der Waals surface area contributed by atoms with Gasteiger partial charge in [-0.25, -0.2) is 0 Å². The van der Waals surface area contributed by atoms with Gasteiger partial charge in [-0.15, -0.1) is 0 Å². The number of aryl methyl sites for hydroxylation is 1. The molecule has 1 rings (SSSR count). The average molecular weight is 309 g/mol. The molecular formula is C15H23N3O2S. The molecule has 0 atom stereocenters. The smallest absolute Gasteiger partial charge is 0.301 e. The Morgan fingerprint density at radius 1 is 1.24 bits per heavy atom. The third-order valence-electron chi connectivity index (χ3n) is 3.11. The van der Waals surface area contributed by atoms with E-state index in [-0.39, 0.29) is 0 Å². The lowest BCUT2D eigenvalue weighted by atomic mass is 10.1. The molecule has 3 N–H and O–H groups in total. The number of anilines is 1. The molecule has 5 nitrogen and oxygen atoms in total. The Bertz CT molecular complexity index is 626. The maximum atomic E-state index is 12.3. The van der Waals surface area contributed by atoms with E-state index in [1.807, 2.05) is 26.8 Å². The quantitative estimate of drug-likeness (QED) is 0.783. The second-order valence-corrected chi connectivity index (χ2v) is 6.09. The van der Waals surface area contributed by atoms with Gasteiger partial charge in [-0.1, -0.05) is 32.6 Å². The van der Waals surface area contributed by atoms with Crippen LogP contribution < -0.4 is 10.5 Å². The highest BCUT2D eigenvalue weighted by molar-refractivity contribution is 7.90. The summed E-state index contributed by atoms with van der Waals surface area (Å²) in [7, 11) is -3.51. The van der Waals surface area contributed by atoms with Crippen LogP contribution in [0, 0.1) is 11.8 Å². The van der Waals surface area contributed by atoms with Crippen molar-refractivity contribution in [3.63, 3.8) is 0 Å². The maximum Gasteiger partial charge on any atom is 0.301 e. The molecule has 1 aromatic carbocycles. The molecule has 1 aromatic rings. The average Bonchev–Trinajstić information content (AvgIpc) is 2.46. The van der Waals surface area contributed by atoms with Gasteiger partial charge in [0.25, 0.3) is 0 Å². The van der Waals surface area contributed by atoms with Gasteiger partial charge in [-0.2, -0.15) is 12.7 Å². The molecule has 0 aromatic heterocycles. The van der Waals surface area contributed by atoms with E-state index >= 15 is 0 Å². The molecule has 21 heavy (non-hydrogen) atoms. The van der Waals surface area contributed by atoms with Crippen molar-refractivity contribution in [2.45, 2.75) is 27.2 Å². The summed E-state index contributed by atoms with van der Waals surface area (Å²) >= 11 is 0. The topological polar surface area (TPSA) is 75.4 Å². The second-order valence-electron chi connectivity index (χ2n) is 4.42. The third-order valence-corrected chi connectivity index (χ3v) is 4.78. The number of hydrogen-bond acceptors (Lipinski definition) is 3. The summed E-state index contributed by atoms with van der Waals surface area (Å²) in [5.41, 5.74) is 7.70. The van der Waals surface area contributed by atoms with E-state index in [0.717, 1.165) is 11.1 Å². The summed E-state index contributed by atoms with van der Waals surface area (Å²) in [5.74, 6) is 5.74. The lowest BCUT2D eigenvalue weighted by Crippen LogP contribution is -2.35. The van der Waals surface area contributed by atoms with Crippen LogP contribution >= 0.6 is 0 Å². The number of hydrogen-bond donors (Lipinski definition) is 2. The highest BCUT2D eigenvalue weighted by atomic mass is 32.2. The van der Waals surface area contributed by atoms with Gasteiger partial charge in [0.2, 0.25) is 0 Å². The molecule has 0 saturated carbocycles. The standard InChI is InChI=1S/C15H23N3O2S/c1-4-14-12-13(8-7-11-16)9-10-15(14)17-21(19,20)18(5-2)6-3/h9-10,12,17H,4-6,11,16H2,1-3H3. The van der Waals surface area contributed by atoms with Gasteiger partial charge >= 0.3 is 10.2 Å². The Balaban J connectivity index is 3.09. The summed E-state index contributed by atoms with van der Waals surface area (Å²) in [5, 5.41) is 0. The summed E-state index contributed by atoms with van der Waals surface area (Å²) in [4.78, 5) is 0. The van der Waals surface area contributed by atoms with Crippen LogP contribution in [0.5, 0.6) is 0 Å². The van der Waals surface area contributed by atoms with Crippen molar-refractivity contribution in [2.24, 2.45) is 5.73 Å². The number of nitrogens with one attached hydrogen (secondary N) is 1. The molecule has 116 valence electrons. The lowest BCUT2D eigenvalue weighted by molar-refractivity contribution is 0.449. The van der Waals surface area contributed by atoms with E-state index in [0.29, 0.717) is 31.7 Å². The van der Waals surface area contributed by atoms with E-state index in [1.165, 1.54) is 4.31 Å². The predicted molar refractivity (Wildman–Crippen MR) is 87.2 cm³/mol. The molecule has 0 bridgehead atoms. The summed E-state index contributed by atoms with van der Waals surface area (Å²) in [6.07, 6.45) is 0.717. The molecule has 0 unspecified atom stereocenters. The van der Waals surface area contributed by atoms with Crippen LogP contribution in [0.15, 0.2) is 18.2 Å². The van der Waals surface area contributed by atoms with Crippen LogP contribution in [0.4, 0.5) is 5.69 Å². The van der Waals surface area contributed by atoms with Crippen molar-refractivity contribution in [3.8, 4) is 11.8 Å². The van der Waals surface area contributed by atoms with Gasteiger partial charge in [0.15, 0.2) is 0 Å². The van der Waals surface area contributed by atoms with Crippen molar-refractivity contribution < 1.29 is 8.42 Å². The summed E-state index contributed by atoms with van der Waals surface area (Å²) in [6, 6.07) is 5.44. The van der Waals surface area contributed by atoms with Crippen molar-refractivity contribution >= 4 is 15.9 Å². The number of rotatable bonds is 6. The third kappa shape index (κ3) is 4.74. The van der Waals surface area contributed by atoms with Crippen LogP contribution in [0.2, 0.25) is 0 Å². The second kappa shape index (κ2) is 8.03. The lowest BCUT2D eigenvalue weighted by Gasteiger charge is -2.20. The van der Waals surface area contributed by atoms with Crippen molar-refractivity contribution in [3.05, 3.63) is 29.3 Å². The Morgan fingerprint density at radius 2 is 1.90 bits per heavy atom. The van der Waals surface area contributed by atoms with Gasteiger partial charge in [-0.05, 0) is 30.2 Å². The molecule has 0 aliphatic carbocycles. The van der Waals surface area contributed by atoms with Crippen molar-refractivity contribution in [1.82, 2.24) is 4.31 Å².